The summed E-state index contributed by atoms with van der Waals surface area (Å²) in [4.78, 5) is 4.50. The van der Waals surface area contributed by atoms with Crippen molar-refractivity contribution in [3.05, 3.63) is 30.1 Å². The molecule has 1 atom stereocenters. The molecule has 1 aromatic carbocycles. The van der Waals surface area contributed by atoms with Gasteiger partial charge in [-0.25, -0.2) is 4.39 Å². The van der Waals surface area contributed by atoms with Crippen molar-refractivity contribution in [2.75, 3.05) is 26.7 Å². The van der Waals surface area contributed by atoms with Crippen molar-refractivity contribution in [2.45, 2.75) is 39.4 Å². The van der Waals surface area contributed by atoms with E-state index in [0.29, 0.717) is 24.8 Å². The number of benzene rings is 1. The molecule has 1 rings (SSSR count). The number of hydrogen-bond acceptors (Lipinski definition) is 3. The number of guanidine groups is 1. The molecule has 138 valence electrons. The smallest absolute Gasteiger partial charge is 0.191 e. The van der Waals surface area contributed by atoms with Gasteiger partial charge in [0, 0.05) is 19.7 Å². The highest BCUT2D eigenvalue weighted by molar-refractivity contribution is 14.0. The standard InChI is InChI=1S/C17H28FN3O2.HI/c1-6-19-16(21-12-17(3,4)22-5)20-11-13(2)23-15-9-7-8-14(18)10-15;/h7-10,13H,6,11-12H2,1-5H3,(H2,19,20,21);1H. The maximum atomic E-state index is 13.1. The fourth-order valence-corrected chi connectivity index (χ4v) is 1.73. The van der Waals surface area contributed by atoms with Crippen LogP contribution in [-0.4, -0.2) is 44.4 Å². The van der Waals surface area contributed by atoms with Crippen LogP contribution in [0, 0.1) is 5.82 Å². The SMILES string of the molecule is CCNC(=NCC(C)(C)OC)NCC(C)Oc1cccc(F)c1.I. The Hall–Kier alpha value is -1.09. The predicted octanol–water partition coefficient (Wildman–Crippen LogP) is 3.19. The average molecular weight is 453 g/mol. The summed E-state index contributed by atoms with van der Waals surface area (Å²) in [5.41, 5.74) is -0.313. The third kappa shape index (κ3) is 9.27. The molecule has 0 saturated heterocycles. The van der Waals surface area contributed by atoms with E-state index < -0.39 is 0 Å². The Balaban J connectivity index is 0.00000529. The molecule has 0 spiro atoms. The van der Waals surface area contributed by atoms with E-state index in [4.69, 9.17) is 9.47 Å². The minimum Gasteiger partial charge on any atom is -0.489 e. The summed E-state index contributed by atoms with van der Waals surface area (Å²) in [6, 6.07) is 6.13. The zero-order chi connectivity index (χ0) is 17.3. The summed E-state index contributed by atoms with van der Waals surface area (Å²) in [6.45, 7) is 9.74. The van der Waals surface area contributed by atoms with E-state index in [2.05, 4.69) is 15.6 Å². The topological polar surface area (TPSA) is 54.9 Å². The van der Waals surface area contributed by atoms with Gasteiger partial charge in [-0.3, -0.25) is 4.99 Å². The number of nitrogens with zero attached hydrogens (tertiary/aromatic N) is 1. The lowest BCUT2D eigenvalue weighted by Crippen LogP contribution is -2.42. The molecule has 1 unspecified atom stereocenters. The molecule has 0 aliphatic heterocycles. The van der Waals surface area contributed by atoms with Gasteiger partial charge in [-0.2, -0.15) is 0 Å². The highest BCUT2D eigenvalue weighted by atomic mass is 127. The molecule has 0 fully saturated rings. The highest BCUT2D eigenvalue weighted by Crippen LogP contribution is 2.13. The molecule has 0 radical (unpaired) electrons. The van der Waals surface area contributed by atoms with Crippen molar-refractivity contribution < 1.29 is 13.9 Å². The number of hydrogen-bond donors (Lipinski definition) is 2. The number of rotatable bonds is 8. The van der Waals surface area contributed by atoms with Crippen molar-refractivity contribution in [1.82, 2.24) is 10.6 Å². The summed E-state index contributed by atoms with van der Waals surface area (Å²) in [5.74, 6) is 0.911. The molecular weight excluding hydrogens is 424 g/mol. The van der Waals surface area contributed by atoms with Crippen LogP contribution in [0.3, 0.4) is 0 Å². The van der Waals surface area contributed by atoms with Crippen LogP contribution in [0.2, 0.25) is 0 Å². The molecule has 1 aromatic rings. The van der Waals surface area contributed by atoms with Gasteiger partial charge in [-0.1, -0.05) is 6.07 Å². The summed E-state index contributed by atoms with van der Waals surface area (Å²) >= 11 is 0. The first-order valence-corrected chi connectivity index (χ1v) is 7.86. The Kier molecular flexibility index (Phi) is 10.9. The minimum absolute atomic E-state index is 0. The van der Waals surface area contributed by atoms with Crippen molar-refractivity contribution in [3.8, 4) is 5.75 Å². The third-order valence-electron chi connectivity index (χ3n) is 3.21. The van der Waals surface area contributed by atoms with E-state index in [1.165, 1.54) is 12.1 Å². The number of ether oxygens (including phenoxy) is 2. The molecule has 5 nitrogen and oxygen atoms in total. The molecule has 24 heavy (non-hydrogen) atoms. The van der Waals surface area contributed by atoms with Gasteiger partial charge in [0.05, 0.1) is 18.7 Å². The lowest BCUT2D eigenvalue weighted by atomic mass is 10.1. The molecular formula is C17H29FIN3O2. The van der Waals surface area contributed by atoms with Crippen LogP contribution in [-0.2, 0) is 4.74 Å². The maximum absolute atomic E-state index is 13.1. The lowest BCUT2D eigenvalue weighted by molar-refractivity contribution is 0.0310. The third-order valence-corrected chi connectivity index (χ3v) is 3.21. The summed E-state index contributed by atoms with van der Waals surface area (Å²) in [7, 11) is 1.67. The molecule has 0 aromatic heterocycles. The van der Waals surface area contributed by atoms with Crippen molar-refractivity contribution in [2.24, 2.45) is 4.99 Å². The van der Waals surface area contributed by atoms with Crippen LogP contribution < -0.4 is 15.4 Å². The molecule has 0 aliphatic rings. The monoisotopic (exact) mass is 453 g/mol. The van der Waals surface area contributed by atoms with Gasteiger partial charge in [0.25, 0.3) is 0 Å². The minimum atomic E-state index is -0.313. The lowest BCUT2D eigenvalue weighted by Gasteiger charge is -2.22. The Morgan fingerprint density at radius 3 is 2.62 bits per heavy atom. The largest absolute Gasteiger partial charge is 0.489 e. The Bertz CT molecular complexity index is 512. The van der Waals surface area contributed by atoms with Crippen LogP contribution in [0.4, 0.5) is 4.39 Å². The fourth-order valence-electron chi connectivity index (χ4n) is 1.73. The second kappa shape index (κ2) is 11.5. The van der Waals surface area contributed by atoms with Crippen LogP contribution in [0.1, 0.15) is 27.7 Å². The average Bonchev–Trinajstić information content (AvgIpc) is 2.50. The van der Waals surface area contributed by atoms with Gasteiger partial charge < -0.3 is 20.1 Å². The van der Waals surface area contributed by atoms with E-state index in [0.717, 1.165) is 6.54 Å². The Labute approximate surface area is 161 Å². The second-order valence-corrected chi connectivity index (χ2v) is 5.93. The zero-order valence-corrected chi connectivity index (χ0v) is 17.4. The summed E-state index contributed by atoms with van der Waals surface area (Å²) in [5, 5.41) is 6.39. The van der Waals surface area contributed by atoms with Crippen LogP contribution >= 0.6 is 24.0 Å². The first-order chi connectivity index (χ1) is 10.9. The van der Waals surface area contributed by atoms with Crippen molar-refractivity contribution >= 4 is 29.9 Å². The first-order valence-electron chi connectivity index (χ1n) is 7.86. The quantitative estimate of drug-likeness (QED) is 0.361. The van der Waals surface area contributed by atoms with Gasteiger partial charge in [-0.05, 0) is 39.8 Å². The van der Waals surface area contributed by atoms with E-state index >= 15 is 0 Å². The zero-order valence-electron chi connectivity index (χ0n) is 15.1. The van der Waals surface area contributed by atoms with Gasteiger partial charge in [0.15, 0.2) is 5.96 Å². The second-order valence-electron chi connectivity index (χ2n) is 5.93. The van der Waals surface area contributed by atoms with Gasteiger partial charge in [-0.15, -0.1) is 24.0 Å². The fraction of sp³-hybridized carbons (Fsp3) is 0.588. The number of halogens is 2. The molecule has 2 N–H and O–H groups in total. The first kappa shape index (κ1) is 22.9. The van der Waals surface area contributed by atoms with Crippen LogP contribution in [0.15, 0.2) is 29.3 Å². The molecule has 0 amide bonds. The number of methoxy groups -OCH3 is 1. The normalized spacial score (nSPS) is 13.0. The Morgan fingerprint density at radius 1 is 1.33 bits per heavy atom. The van der Waals surface area contributed by atoms with Gasteiger partial charge in [0.1, 0.15) is 17.7 Å². The number of nitrogens with one attached hydrogen (secondary N) is 2. The summed E-state index contributed by atoms with van der Waals surface area (Å²) < 4.78 is 24.2. The van der Waals surface area contributed by atoms with E-state index in [1.54, 1.807) is 19.2 Å². The molecule has 7 heteroatoms. The van der Waals surface area contributed by atoms with E-state index in [9.17, 15) is 4.39 Å². The van der Waals surface area contributed by atoms with Gasteiger partial charge in [0.2, 0.25) is 0 Å². The van der Waals surface area contributed by atoms with Crippen LogP contribution in [0.25, 0.3) is 0 Å². The predicted molar refractivity (Wildman–Crippen MR) is 107 cm³/mol. The summed E-state index contributed by atoms with van der Waals surface area (Å²) in [6.07, 6.45) is -0.129. The van der Waals surface area contributed by atoms with E-state index in [-0.39, 0.29) is 41.5 Å². The number of aliphatic imine (C=N–C) groups is 1. The van der Waals surface area contributed by atoms with E-state index in [1.807, 2.05) is 27.7 Å². The maximum Gasteiger partial charge on any atom is 0.191 e. The van der Waals surface area contributed by atoms with Gasteiger partial charge >= 0.3 is 0 Å². The molecule has 0 heterocycles. The van der Waals surface area contributed by atoms with Crippen molar-refractivity contribution in [3.63, 3.8) is 0 Å². The molecule has 0 aliphatic carbocycles. The molecule has 0 bridgehead atoms. The van der Waals surface area contributed by atoms with Crippen molar-refractivity contribution in [1.29, 1.82) is 0 Å². The highest BCUT2D eigenvalue weighted by Gasteiger charge is 2.16. The molecule has 0 saturated carbocycles. The Morgan fingerprint density at radius 2 is 2.04 bits per heavy atom. The van der Waals surface area contributed by atoms with Crippen LogP contribution in [0.5, 0.6) is 5.75 Å².